The van der Waals surface area contributed by atoms with E-state index in [-0.39, 0.29) is 18.0 Å². The number of hydrogen-bond acceptors (Lipinski definition) is 5. The van der Waals surface area contributed by atoms with Crippen LogP contribution in [0.3, 0.4) is 0 Å². The molecule has 0 saturated carbocycles. The van der Waals surface area contributed by atoms with Gasteiger partial charge in [0.15, 0.2) is 0 Å². The first-order valence-corrected chi connectivity index (χ1v) is 7.91. The number of nitrogens with one attached hydrogen (secondary N) is 1. The van der Waals surface area contributed by atoms with Gasteiger partial charge in [0, 0.05) is 6.04 Å². The van der Waals surface area contributed by atoms with Crippen LogP contribution in [0.1, 0.15) is 24.9 Å². The lowest BCUT2D eigenvalue weighted by Gasteiger charge is -2.23. The number of rotatable bonds is 3. The van der Waals surface area contributed by atoms with E-state index in [2.05, 4.69) is 5.32 Å². The molecule has 1 N–H and O–H groups in total. The fourth-order valence-corrected chi connectivity index (χ4v) is 3.52. The number of methoxy groups -OCH3 is 2. The molecule has 0 unspecified atom stereocenters. The molecule has 1 aliphatic heterocycles. The Hall–Kier alpha value is -2.40. The van der Waals surface area contributed by atoms with Crippen LogP contribution in [0.5, 0.6) is 0 Å². The van der Waals surface area contributed by atoms with E-state index in [1.807, 2.05) is 42.5 Å². The standard InChI is InChI=1S/C19H21NO4/c1-19(18(22)24-3)11-15(17(21)23-2)16(20-19)14-9-8-12-6-4-5-7-13(12)10-14/h4-10,15-16,20H,11H2,1-3H3/t15-,16-,19-/m0/s1. The number of esters is 2. The highest BCUT2D eigenvalue weighted by atomic mass is 16.5. The maximum atomic E-state index is 12.2. The number of hydrogen-bond donors (Lipinski definition) is 1. The minimum absolute atomic E-state index is 0.300. The number of benzene rings is 2. The van der Waals surface area contributed by atoms with Gasteiger partial charge in [-0.25, -0.2) is 0 Å². The Balaban J connectivity index is 2.01. The van der Waals surface area contributed by atoms with Crippen molar-refractivity contribution in [2.75, 3.05) is 14.2 Å². The Kier molecular flexibility index (Phi) is 4.28. The molecule has 5 nitrogen and oxygen atoms in total. The Morgan fingerprint density at radius 1 is 1.08 bits per heavy atom. The van der Waals surface area contributed by atoms with E-state index < -0.39 is 11.5 Å². The zero-order chi connectivity index (χ0) is 17.3. The molecule has 126 valence electrons. The van der Waals surface area contributed by atoms with Crippen LogP contribution < -0.4 is 5.32 Å². The van der Waals surface area contributed by atoms with Gasteiger partial charge in [0.1, 0.15) is 5.54 Å². The molecule has 0 radical (unpaired) electrons. The number of carbonyl (C=O) groups is 2. The van der Waals surface area contributed by atoms with Crippen molar-refractivity contribution in [2.45, 2.75) is 24.9 Å². The van der Waals surface area contributed by atoms with Crippen LogP contribution in [-0.4, -0.2) is 31.7 Å². The molecule has 1 heterocycles. The average Bonchev–Trinajstić information content (AvgIpc) is 2.99. The molecule has 3 atom stereocenters. The fraction of sp³-hybridized carbons (Fsp3) is 0.368. The van der Waals surface area contributed by atoms with Crippen LogP contribution in [0, 0.1) is 5.92 Å². The van der Waals surface area contributed by atoms with Crippen LogP contribution in [0.4, 0.5) is 0 Å². The third kappa shape index (κ3) is 2.76. The van der Waals surface area contributed by atoms with E-state index in [9.17, 15) is 9.59 Å². The molecule has 0 aliphatic carbocycles. The Labute approximate surface area is 140 Å². The third-order valence-electron chi connectivity index (χ3n) is 4.78. The molecule has 2 aromatic rings. The zero-order valence-electron chi connectivity index (χ0n) is 14.0. The van der Waals surface area contributed by atoms with Crippen molar-refractivity contribution in [3.05, 3.63) is 48.0 Å². The second-order valence-corrected chi connectivity index (χ2v) is 6.39. The van der Waals surface area contributed by atoms with Crippen LogP contribution in [-0.2, 0) is 19.1 Å². The summed E-state index contributed by atoms with van der Waals surface area (Å²) in [5.74, 6) is -1.15. The SMILES string of the molecule is COC(=O)[C@H]1C[C@@](C)(C(=O)OC)N[C@H]1c1ccc2ccccc2c1. The van der Waals surface area contributed by atoms with Gasteiger partial charge >= 0.3 is 11.9 Å². The van der Waals surface area contributed by atoms with Crippen molar-refractivity contribution in [2.24, 2.45) is 5.92 Å². The summed E-state index contributed by atoms with van der Waals surface area (Å²) < 4.78 is 9.85. The van der Waals surface area contributed by atoms with E-state index in [0.717, 1.165) is 16.3 Å². The third-order valence-corrected chi connectivity index (χ3v) is 4.78. The summed E-state index contributed by atoms with van der Waals surface area (Å²) in [5, 5.41) is 5.51. The topological polar surface area (TPSA) is 64.6 Å². The lowest BCUT2D eigenvalue weighted by molar-refractivity contribution is -0.148. The van der Waals surface area contributed by atoms with Gasteiger partial charge in [0.25, 0.3) is 0 Å². The maximum absolute atomic E-state index is 12.2. The van der Waals surface area contributed by atoms with Crippen molar-refractivity contribution in [1.82, 2.24) is 5.32 Å². The van der Waals surface area contributed by atoms with Gasteiger partial charge < -0.3 is 9.47 Å². The van der Waals surface area contributed by atoms with Crippen molar-refractivity contribution >= 4 is 22.7 Å². The van der Waals surface area contributed by atoms with Gasteiger partial charge in [-0.05, 0) is 35.7 Å². The Bertz CT molecular complexity index is 788. The number of ether oxygens (including phenoxy) is 2. The Morgan fingerprint density at radius 2 is 1.79 bits per heavy atom. The maximum Gasteiger partial charge on any atom is 0.325 e. The first-order chi connectivity index (χ1) is 11.5. The van der Waals surface area contributed by atoms with Crippen LogP contribution in [0.15, 0.2) is 42.5 Å². The summed E-state index contributed by atoms with van der Waals surface area (Å²) >= 11 is 0. The predicted octanol–water partition coefficient (Wildman–Crippen LogP) is 2.60. The van der Waals surface area contributed by atoms with Crippen molar-refractivity contribution in [3.63, 3.8) is 0 Å². The minimum atomic E-state index is -0.913. The summed E-state index contributed by atoms with van der Waals surface area (Å²) in [6.07, 6.45) is 0.337. The first-order valence-electron chi connectivity index (χ1n) is 7.91. The van der Waals surface area contributed by atoms with Crippen LogP contribution in [0.2, 0.25) is 0 Å². The van der Waals surface area contributed by atoms with E-state index in [1.54, 1.807) is 6.92 Å². The monoisotopic (exact) mass is 327 g/mol. The highest BCUT2D eigenvalue weighted by Crippen LogP contribution is 2.40. The summed E-state index contributed by atoms with van der Waals surface area (Å²) in [7, 11) is 2.72. The second kappa shape index (κ2) is 6.24. The van der Waals surface area contributed by atoms with E-state index >= 15 is 0 Å². The average molecular weight is 327 g/mol. The Morgan fingerprint density at radius 3 is 2.46 bits per heavy atom. The molecule has 1 aliphatic rings. The summed E-state index contributed by atoms with van der Waals surface area (Å²) in [5.41, 5.74) is 0.0425. The molecule has 0 bridgehead atoms. The van der Waals surface area contributed by atoms with Crippen molar-refractivity contribution < 1.29 is 19.1 Å². The summed E-state index contributed by atoms with van der Waals surface area (Å²) in [4.78, 5) is 24.4. The van der Waals surface area contributed by atoms with E-state index in [1.165, 1.54) is 14.2 Å². The quantitative estimate of drug-likeness (QED) is 0.878. The summed E-state index contributed by atoms with van der Waals surface area (Å²) in [6, 6.07) is 13.8. The van der Waals surface area contributed by atoms with Crippen molar-refractivity contribution in [1.29, 1.82) is 0 Å². The second-order valence-electron chi connectivity index (χ2n) is 6.39. The van der Waals surface area contributed by atoms with Crippen molar-refractivity contribution in [3.8, 4) is 0 Å². The molecule has 3 rings (SSSR count). The molecule has 1 fully saturated rings. The van der Waals surface area contributed by atoms with Crippen LogP contribution in [0.25, 0.3) is 10.8 Å². The number of carbonyl (C=O) groups excluding carboxylic acids is 2. The zero-order valence-corrected chi connectivity index (χ0v) is 14.0. The molecule has 1 saturated heterocycles. The lowest BCUT2D eigenvalue weighted by Crippen LogP contribution is -2.45. The smallest absolute Gasteiger partial charge is 0.325 e. The molecule has 24 heavy (non-hydrogen) atoms. The predicted molar refractivity (Wildman–Crippen MR) is 90.4 cm³/mol. The normalized spacial score (nSPS) is 26.3. The van der Waals surface area contributed by atoms with E-state index in [4.69, 9.17) is 9.47 Å². The fourth-order valence-electron chi connectivity index (χ4n) is 3.52. The largest absolute Gasteiger partial charge is 0.469 e. The molecule has 0 aromatic heterocycles. The highest BCUT2D eigenvalue weighted by molar-refractivity contribution is 5.85. The number of fused-ring (bicyclic) bond motifs is 1. The minimum Gasteiger partial charge on any atom is -0.469 e. The molecular formula is C19H21NO4. The molecule has 5 heteroatoms. The first kappa shape index (κ1) is 16.5. The van der Waals surface area contributed by atoms with Gasteiger partial charge in [-0.15, -0.1) is 0 Å². The van der Waals surface area contributed by atoms with Gasteiger partial charge in [0.05, 0.1) is 20.1 Å². The molecule has 0 spiro atoms. The van der Waals surface area contributed by atoms with Gasteiger partial charge in [-0.3, -0.25) is 14.9 Å². The lowest BCUT2D eigenvalue weighted by atomic mass is 9.89. The van der Waals surface area contributed by atoms with Gasteiger partial charge in [-0.2, -0.15) is 0 Å². The van der Waals surface area contributed by atoms with Crippen LogP contribution >= 0.6 is 0 Å². The molecule has 0 amide bonds. The van der Waals surface area contributed by atoms with Gasteiger partial charge in [-0.1, -0.05) is 36.4 Å². The summed E-state index contributed by atoms with van der Waals surface area (Å²) in [6.45, 7) is 1.76. The highest BCUT2D eigenvalue weighted by Gasteiger charge is 2.50. The van der Waals surface area contributed by atoms with Gasteiger partial charge in [0.2, 0.25) is 0 Å². The molecule has 2 aromatic carbocycles. The van der Waals surface area contributed by atoms with E-state index in [0.29, 0.717) is 6.42 Å². The molecular weight excluding hydrogens is 306 g/mol.